The summed E-state index contributed by atoms with van der Waals surface area (Å²) in [5, 5.41) is 3.80. The first kappa shape index (κ1) is 14.0. The summed E-state index contributed by atoms with van der Waals surface area (Å²) in [7, 11) is 0. The van der Waals surface area contributed by atoms with Crippen molar-refractivity contribution in [1.29, 1.82) is 0 Å². The molecule has 1 aromatic carbocycles. The maximum absolute atomic E-state index is 13.4. The molecule has 0 unspecified atom stereocenters. The lowest BCUT2D eigenvalue weighted by molar-refractivity contribution is 0.289. The molecule has 21 heavy (non-hydrogen) atoms. The first-order valence-corrected chi connectivity index (χ1v) is 7.26. The van der Waals surface area contributed by atoms with Crippen LogP contribution in [0.25, 0.3) is 11.1 Å². The molecule has 3 nitrogen and oxygen atoms in total. The fourth-order valence-electron chi connectivity index (χ4n) is 3.11. The van der Waals surface area contributed by atoms with E-state index in [-0.39, 0.29) is 11.7 Å². The zero-order chi connectivity index (χ0) is 15.0. The molecule has 1 heterocycles. The summed E-state index contributed by atoms with van der Waals surface area (Å²) in [6, 6.07) is 3.37. The van der Waals surface area contributed by atoms with E-state index in [1.807, 2.05) is 0 Å². The van der Waals surface area contributed by atoms with Crippen LogP contribution in [0.5, 0.6) is 0 Å². The normalized spacial score (nSPS) is 22.4. The van der Waals surface area contributed by atoms with Gasteiger partial charge in [-0.2, -0.15) is 0 Å². The molecule has 0 spiro atoms. The number of benzene rings is 1. The minimum absolute atomic E-state index is 0.189. The average molecular weight is 292 g/mol. The van der Waals surface area contributed by atoms with E-state index in [2.05, 4.69) is 12.1 Å². The van der Waals surface area contributed by atoms with E-state index in [0.29, 0.717) is 22.8 Å². The van der Waals surface area contributed by atoms with Crippen molar-refractivity contribution in [2.75, 3.05) is 5.73 Å². The van der Waals surface area contributed by atoms with Gasteiger partial charge in [0.2, 0.25) is 0 Å². The first-order valence-electron chi connectivity index (χ1n) is 7.26. The Balaban J connectivity index is 2.00. The lowest BCUT2D eigenvalue weighted by Crippen LogP contribution is -2.11. The highest BCUT2D eigenvalue weighted by Gasteiger charge is 2.28. The van der Waals surface area contributed by atoms with Gasteiger partial charge in [-0.25, -0.2) is 8.78 Å². The molecule has 2 N–H and O–H groups in total. The van der Waals surface area contributed by atoms with Crippen molar-refractivity contribution in [2.45, 2.75) is 38.5 Å². The third-order valence-electron chi connectivity index (χ3n) is 4.28. The Hall–Kier alpha value is -1.91. The van der Waals surface area contributed by atoms with Crippen molar-refractivity contribution in [2.24, 2.45) is 5.92 Å². The van der Waals surface area contributed by atoms with Crippen molar-refractivity contribution in [1.82, 2.24) is 5.16 Å². The first-order chi connectivity index (χ1) is 10.0. The Labute approximate surface area is 122 Å². The van der Waals surface area contributed by atoms with Gasteiger partial charge >= 0.3 is 0 Å². The predicted octanol–water partition coefficient (Wildman–Crippen LogP) is 4.50. The molecule has 112 valence electrons. The number of halogens is 2. The van der Waals surface area contributed by atoms with E-state index in [4.69, 9.17) is 10.3 Å². The molecular weight excluding hydrogens is 274 g/mol. The van der Waals surface area contributed by atoms with Crippen LogP contribution < -0.4 is 5.73 Å². The smallest absolute Gasteiger partial charge is 0.175 e. The predicted molar refractivity (Wildman–Crippen MR) is 76.6 cm³/mol. The Morgan fingerprint density at radius 3 is 2.33 bits per heavy atom. The average Bonchev–Trinajstić information content (AvgIpc) is 2.80. The van der Waals surface area contributed by atoms with Gasteiger partial charge in [-0.05, 0) is 36.5 Å². The number of anilines is 1. The van der Waals surface area contributed by atoms with Gasteiger partial charge in [0, 0.05) is 12.0 Å². The van der Waals surface area contributed by atoms with Gasteiger partial charge in [-0.1, -0.05) is 24.9 Å². The van der Waals surface area contributed by atoms with Crippen LogP contribution in [-0.2, 0) is 0 Å². The Bertz CT molecular complexity index is 625. The Morgan fingerprint density at radius 2 is 1.71 bits per heavy atom. The number of hydrogen-bond donors (Lipinski definition) is 1. The van der Waals surface area contributed by atoms with E-state index >= 15 is 0 Å². The van der Waals surface area contributed by atoms with Crippen LogP contribution in [0.15, 0.2) is 22.7 Å². The number of nitrogens with zero attached hydrogens (tertiary/aromatic N) is 1. The maximum Gasteiger partial charge on any atom is 0.175 e. The van der Waals surface area contributed by atoms with Crippen molar-refractivity contribution in [3.05, 3.63) is 35.6 Å². The molecule has 1 aliphatic carbocycles. The summed E-state index contributed by atoms with van der Waals surface area (Å²) in [5.41, 5.74) is 6.78. The summed E-state index contributed by atoms with van der Waals surface area (Å²) in [6.45, 7) is 2.23. The second-order valence-electron chi connectivity index (χ2n) is 5.92. The number of rotatable bonds is 2. The number of hydrogen-bond acceptors (Lipinski definition) is 3. The van der Waals surface area contributed by atoms with E-state index in [1.165, 1.54) is 12.1 Å². The molecule has 3 rings (SSSR count). The lowest BCUT2D eigenvalue weighted by atomic mass is 9.80. The molecule has 0 amide bonds. The topological polar surface area (TPSA) is 52.0 Å². The third kappa shape index (κ3) is 2.77. The molecular formula is C16H18F2N2O. The van der Waals surface area contributed by atoms with Crippen LogP contribution in [0.1, 0.15) is 44.3 Å². The largest absolute Gasteiger partial charge is 0.380 e. The molecule has 1 aliphatic rings. The standard InChI is InChI=1S/C16H18F2N2O/c1-9-2-4-10(5-3-9)15-14(16(19)20-21-15)11-6-12(17)8-13(18)7-11/h6-10H,2-5H2,1H3,(H2,19,20). The van der Waals surface area contributed by atoms with Crippen molar-refractivity contribution in [3.63, 3.8) is 0 Å². The fourth-order valence-corrected chi connectivity index (χ4v) is 3.11. The zero-order valence-corrected chi connectivity index (χ0v) is 11.9. The number of nitrogens with two attached hydrogens (primary N) is 1. The van der Waals surface area contributed by atoms with E-state index in [0.717, 1.165) is 31.7 Å². The van der Waals surface area contributed by atoms with Gasteiger partial charge in [0.05, 0.1) is 5.56 Å². The van der Waals surface area contributed by atoms with Gasteiger partial charge in [0.25, 0.3) is 0 Å². The highest BCUT2D eigenvalue weighted by molar-refractivity contribution is 5.76. The number of nitrogen functional groups attached to an aromatic ring is 1. The van der Waals surface area contributed by atoms with Gasteiger partial charge in [-0.15, -0.1) is 0 Å². The Kier molecular flexibility index (Phi) is 3.66. The van der Waals surface area contributed by atoms with E-state index in [9.17, 15) is 8.78 Å². The van der Waals surface area contributed by atoms with Crippen LogP contribution in [0.3, 0.4) is 0 Å². The summed E-state index contributed by atoms with van der Waals surface area (Å²) >= 11 is 0. The van der Waals surface area contributed by atoms with E-state index < -0.39 is 11.6 Å². The molecule has 0 atom stereocenters. The zero-order valence-electron chi connectivity index (χ0n) is 11.9. The monoisotopic (exact) mass is 292 g/mol. The Morgan fingerprint density at radius 1 is 1.10 bits per heavy atom. The summed E-state index contributed by atoms with van der Waals surface area (Å²) in [4.78, 5) is 0. The highest BCUT2D eigenvalue weighted by atomic mass is 19.1. The molecule has 2 aromatic rings. The van der Waals surface area contributed by atoms with Crippen LogP contribution in [0.4, 0.5) is 14.6 Å². The van der Waals surface area contributed by atoms with Gasteiger partial charge in [0.1, 0.15) is 17.4 Å². The minimum Gasteiger partial charge on any atom is -0.380 e. The van der Waals surface area contributed by atoms with Gasteiger partial charge in [0.15, 0.2) is 5.82 Å². The van der Waals surface area contributed by atoms with Crippen LogP contribution in [0, 0.1) is 17.6 Å². The van der Waals surface area contributed by atoms with Crippen LogP contribution in [-0.4, -0.2) is 5.16 Å². The lowest BCUT2D eigenvalue weighted by Gasteiger charge is -2.24. The molecule has 0 aliphatic heterocycles. The van der Waals surface area contributed by atoms with Crippen LogP contribution in [0.2, 0.25) is 0 Å². The van der Waals surface area contributed by atoms with Crippen molar-refractivity contribution >= 4 is 5.82 Å². The minimum atomic E-state index is -0.631. The van der Waals surface area contributed by atoms with Gasteiger partial charge < -0.3 is 10.3 Å². The molecule has 1 fully saturated rings. The molecule has 0 bridgehead atoms. The fraction of sp³-hybridized carbons (Fsp3) is 0.438. The molecule has 5 heteroatoms. The second kappa shape index (κ2) is 5.47. The van der Waals surface area contributed by atoms with Crippen molar-refractivity contribution in [3.8, 4) is 11.1 Å². The molecule has 0 radical (unpaired) electrons. The van der Waals surface area contributed by atoms with Gasteiger partial charge in [-0.3, -0.25) is 0 Å². The third-order valence-corrected chi connectivity index (χ3v) is 4.28. The molecule has 1 saturated carbocycles. The summed E-state index contributed by atoms with van der Waals surface area (Å²) in [5.74, 6) is 0.504. The van der Waals surface area contributed by atoms with Crippen molar-refractivity contribution < 1.29 is 13.3 Å². The molecule has 1 aromatic heterocycles. The van der Waals surface area contributed by atoms with E-state index in [1.54, 1.807) is 0 Å². The van der Waals surface area contributed by atoms with Crippen LogP contribution >= 0.6 is 0 Å². The quantitative estimate of drug-likeness (QED) is 0.887. The SMILES string of the molecule is CC1CCC(c2onc(N)c2-c2cc(F)cc(F)c2)CC1. The molecule has 0 saturated heterocycles. The second-order valence-corrected chi connectivity index (χ2v) is 5.92. The highest BCUT2D eigenvalue weighted by Crippen LogP contribution is 2.42. The maximum atomic E-state index is 13.4. The number of aromatic nitrogens is 1. The summed E-state index contributed by atoms with van der Waals surface area (Å²) in [6.07, 6.45) is 4.20. The summed E-state index contributed by atoms with van der Waals surface area (Å²) < 4.78 is 32.3.